The van der Waals surface area contributed by atoms with Gasteiger partial charge in [-0.1, -0.05) is 29.8 Å². The first-order valence-corrected chi connectivity index (χ1v) is 10.2. The summed E-state index contributed by atoms with van der Waals surface area (Å²) in [6.45, 7) is 0.399. The first-order chi connectivity index (χ1) is 15.5. The predicted octanol–water partition coefficient (Wildman–Crippen LogP) is 4.47. The fourth-order valence-electron chi connectivity index (χ4n) is 3.19. The highest BCUT2D eigenvalue weighted by Crippen LogP contribution is 2.26. The van der Waals surface area contributed by atoms with E-state index in [1.54, 1.807) is 48.7 Å². The first-order valence-electron chi connectivity index (χ1n) is 9.81. The molecule has 32 heavy (non-hydrogen) atoms. The second-order valence-electron chi connectivity index (χ2n) is 6.91. The molecule has 0 saturated heterocycles. The van der Waals surface area contributed by atoms with E-state index >= 15 is 0 Å². The van der Waals surface area contributed by atoms with Crippen LogP contribution in [0.1, 0.15) is 16.2 Å². The second-order valence-corrected chi connectivity index (χ2v) is 7.32. The lowest BCUT2D eigenvalue weighted by molar-refractivity contribution is -0.384. The number of carbonyl (C=O) groups excluding carboxylic acids is 1. The molecule has 2 aromatic carbocycles. The smallest absolute Gasteiger partial charge is 0.270 e. The molecule has 9 heteroatoms. The Hall–Kier alpha value is -4.04. The fourth-order valence-corrected chi connectivity index (χ4v) is 3.40. The van der Waals surface area contributed by atoms with E-state index < -0.39 is 4.92 Å². The van der Waals surface area contributed by atoms with Gasteiger partial charge >= 0.3 is 0 Å². The zero-order chi connectivity index (χ0) is 22.5. The van der Waals surface area contributed by atoms with E-state index in [-0.39, 0.29) is 11.6 Å². The van der Waals surface area contributed by atoms with Crippen LogP contribution in [0, 0.1) is 10.1 Å². The number of aromatic nitrogens is 3. The van der Waals surface area contributed by atoms with Crippen molar-refractivity contribution in [1.82, 2.24) is 20.1 Å². The third-order valence-corrected chi connectivity index (χ3v) is 5.11. The molecule has 160 valence electrons. The number of pyridine rings is 1. The molecule has 0 aliphatic heterocycles. The molecule has 2 heterocycles. The Balaban J connectivity index is 1.64. The SMILES string of the molecule is O=C(NCCc1ccccn1)c1cc(-c2ccc([N+](=O)[O-])cc2)nn1-c1ccccc1Cl. The lowest BCUT2D eigenvalue weighted by Crippen LogP contribution is -2.28. The van der Waals surface area contributed by atoms with Crippen LogP contribution in [-0.4, -0.2) is 32.1 Å². The summed E-state index contributed by atoms with van der Waals surface area (Å²) in [7, 11) is 0. The molecule has 1 N–H and O–H groups in total. The summed E-state index contributed by atoms with van der Waals surface area (Å²) in [5, 5.41) is 18.8. The van der Waals surface area contributed by atoms with Crippen molar-refractivity contribution in [1.29, 1.82) is 0 Å². The van der Waals surface area contributed by atoms with Crippen LogP contribution in [0.25, 0.3) is 16.9 Å². The van der Waals surface area contributed by atoms with Crippen molar-refractivity contribution >= 4 is 23.2 Å². The molecular formula is C23H18ClN5O3. The molecule has 0 aliphatic rings. The number of rotatable bonds is 7. The number of carbonyl (C=O) groups is 1. The van der Waals surface area contributed by atoms with E-state index in [1.165, 1.54) is 16.8 Å². The average Bonchev–Trinajstić information content (AvgIpc) is 3.25. The molecule has 2 aromatic heterocycles. The maximum Gasteiger partial charge on any atom is 0.270 e. The van der Waals surface area contributed by atoms with Crippen LogP contribution < -0.4 is 5.32 Å². The third kappa shape index (κ3) is 4.65. The summed E-state index contributed by atoms with van der Waals surface area (Å²) >= 11 is 6.35. The molecule has 0 aliphatic carbocycles. The van der Waals surface area contributed by atoms with Crippen LogP contribution in [0.15, 0.2) is 79.0 Å². The minimum Gasteiger partial charge on any atom is -0.350 e. The van der Waals surface area contributed by atoms with Gasteiger partial charge in [0.25, 0.3) is 11.6 Å². The van der Waals surface area contributed by atoms with Crippen molar-refractivity contribution in [2.45, 2.75) is 6.42 Å². The number of nitrogens with one attached hydrogen (secondary N) is 1. The van der Waals surface area contributed by atoms with Gasteiger partial charge in [-0.15, -0.1) is 0 Å². The van der Waals surface area contributed by atoms with Crippen molar-refractivity contribution in [3.05, 3.63) is 106 Å². The minimum atomic E-state index is -0.466. The van der Waals surface area contributed by atoms with Crippen molar-refractivity contribution in [3.63, 3.8) is 0 Å². The zero-order valence-corrected chi connectivity index (χ0v) is 17.6. The highest BCUT2D eigenvalue weighted by atomic mass is 35.5. The highest BCUT2D eigenvalue weighted by molar-refractivity contribution is 6.32. The largest absolute Gasteiger partial charge is 0.350 e. The molecule has 1 amide bonds. The van der Waals surface area contributed by atoms with Crippen LogP contribution in [0.2, 0.25) is 5.02 Å². The second kappa shape index (κ2) is 9.40. The number of nitro benzene ring substituents is 1. The summed E-state index contributed by atoms with van der Waals surface area (Å²) in [5.41, 5.74) is 2.84. The van der Waals surface area contributed by atoms with Crippen molar-refractivity contribution < 1.29 is 9.72 Å². The van der Waals surface area contributed by atoms with Gasteiger partial charge in [-0.25, -0.2) is 4.68 Å². The number of halogens is 1. The van der Waals surface area contributed by atoms with E-state index in [1.807, 2.05) is 18.2 Å². The van der Waals surface area contributed by atoms with Gasteiger partial charge in [0.1, 0.15) is 5.69 Å². The van der Waals surface area contributed by atoms with Crippen LogP contribution in [0.5, 0.6) is 0 Å². The molecular weight excluding hydrogens is 430 g/mol. The molecule has 4 aromatic rings. The van der Waals surface area contributed by atoms with E-state index in [0.717, 1.165) is 5.69 Å². The van der Waals surface area contributed by atoms with E-state index in [0.29, 0.717) is 40.6 Å². The quantitative estimate of drug-likeness (QED) is 0.332. The van der Waals surface area contributed by atoms with Gasteiger partial charge in [0.05, 0.1) is 21.3 Å². The third-order valence-electron chi connectivity index (χ3n) is 4.79. The number of amides is 1. The maximum absolute atomic E-state index is 13.0. The Kier molecular flexibility index (Phi) is 6.23. The van der Waals surface area contributed by atoms with E-state index in [4.69, 9.17) is 11.6 Å². The number of hydrogen-bond acceptors (Lipinski definition) is 5. The Morgan fingerprint density at radius 2 is 1.81 bits per heavy atom. The lowest BCUT2D eigenvalue weighted by atomic mass is 10.1. The van der Waals surface area contributed by atoms with Crippen LogP contribution in [-0.2, 0) is 6.42 Å². The van der Waals surface area contributed by atoms with Crippen molar-refractivity contribution in [3.8, 4) is 16.9 Å². The van der Waals surface area contributed by atoms with E-state index in [2.05, 4.69) is 15.4 Å². The Bertz CT molecular complexity index is 1260. The van der Waals surface area contributed by atoms with Crippen LogP contribution >= 0.6 is 11.6 Å². The monoisotopic (exact) mass is 447 g/mol. The molecule has 0 atom stereocenters. The molecule has 0 spiro atoms. The number of nitro groups is 1. The first kappa shape index (κ1) is 21.2. The topological polar surface area (TPSA) is 103 Å². The number of para-hydroxylation sites is 1. The summed E-state index contributed by atoms with van der Waals surface area (Å²) < 4.78 is 1.48. The minimum absolute atomic E-state index is 0.0215. The molecule has 0 fully saturated rings. The highest BCUT2D eigenvalue weighted by Gasteiger charge is 2.19. The summed E-state index contributed by atoms with van der Waals surface area (Å²) in [5.74, 6) is -0.318. The fraction of sp³-hybridized carbons (Fsp3) is 0.0870. The summed E-state index contributed by atoms with van der Waals surface area (Å²) in [6, 6.07) is 20.3. The zero-order valence-electron chi connectivity index (χ0n) is 16.8. The molecule has 0 saturated carbocycles. The standard InChI is InChI=1S/C23H18ClN5O3/c24-19-6-1-2-7-21(19)28-22(23(30)26-14-12-17-5-3-4-13-25-17)15-20(27-28)16-8-10-18(11-9-16)29(31)32/h1-11,13,15H,12,14H2,(H,26,30). The Morgan fingerprint density at radius 3 is 2.50 bits per heavy atom. The summed E-state index contributed by atoms with van der Waals surface area (Å²) in [6.07, 6.45) is 2.29. The average molecular weight is 448 g/mol. The normalized spacial score (nSPS) is 10.7. The van der Waals surface area contributed by atoms with Gasteiger partial charge in [-0.2, -0.15) is 5.10 Å². The molecule has 0 bridgehead atoms. The lowest BCUT2D eigenvalue weighted by Gasteiger charge is -2.09. The molecule has 0 unspecified atom stereocenters. The molecule has 4 rings (SSSR count). The van der Waals surface area contributed by atoms with Gasteiger partial charge in [0, 0.05) is 42.6 Å². The van der Waals surface area contributed by atoms with Gasteiger partial charge in [-0.05, 0) is 42.5 Å². The number of nitrogens with zero attached hydrogens (tertiary/aromatic N) is 4. The van der Waals surface area contributed by atoms with Gasteiger partial charge in [0.15, 0.2) is 0 Å². The molecule has 8 nitrogen and oxygen atoms in total. The Labute approximate surface area is 188 Å². The van der Waals surface area contributed by atoms with Gasteiger partial charge in [0.2, 0.25) is 0 Å². The Morgan fingerprint density at radius 1 is 1.06 bits per heavy atom. The van der Waals surface area contributed by atoms with Gasteiger partial charge in [-0.3, -0.25) is 19.9 Å². The number of benzene rings is 2. The van der Waals surface area contributed by atoms with Crippen molar-refractivity contribution in [2.75, 3.05) is 6.54 Å². The number of non-ortho nitro benzene ring substituents is 1. The number of hydrogen-bond donors (Lipinski definition) is 1. The molecule has 0 radical (unpaired) electrons. The van der Waals surface area contributed by atoms with Crippen LogP contribution in [0.3, 0.4) is 0 Å². The summed E-state index contributed by atoms with van der Waals surface area (Å²) in [4.78, 5) is 27.7. The maximum atomic E-state index is 13.0. The van der Waals surface area contributed by atoms with Crippen molar-refractivity contribution in [2.24, 2.45) is 0 Å². The van der Waals surface area contributed by atoms with E-state index in [9.17, 15) is 14.9 Å². The van der Waals surface area contributed by atoms with Crippen LogP contribution in [0.4, 0.5) is 5.69 Å². The predicted molar refractivity (Wildman–Crippen MR) is 121 cm³/mol. The van der Waals surface area contributed by atoms with Gasteiger partial charge < -0.3 is 5.32 Å².